The standard InChI is InChI=1S/C16H24N2O2/c1-2-13-6-5-9-16(10-13,12-17)11-14-7-3-4-8-15(14)18(19)20/h3-4,7-8,13H,2,5-6,9-12,17H2,1H3. The number of para-hydroxylation sites is 1. The number of rotatable bonds is 5. The van der Waals surface area contributed by atoms with Gasteiger partial charge in [-0.1, -0.05) is 44.4 Å². The van der Waals surface area contributed by atoms with Crippen molar-refractivity contribution in [3.63, 3.8) is 0 Å². The SMILES string of the molecule is CCC1CCCC(CN)(Cc2ccccc2[N+](=O)[O-])C1. The monoisotopic (exact) mass is 276 g/mol. The molecular weight excluding hydrogens is 252 g/mol. The number of nitro benzene ring substituents is 1. The number of hydrogen-bond donors (Lipinski definition) is 1. The van der Waals surface area contributed by atoms with Crippen LogP contribution in [0.25, 0.3) is 0 Å². The molecule has 2 N–H and O–H groups in total. The molecule has 110 valence electrons. The average molecular weight is 276 g/mol. The molecule has 2 rings (SSSR count). The third kappa shape index (κ3) is 3.18. The van der Waals surface area contributed by atoms with Crippen LogP contribution in [0.3, 0.4) is 0 Å². The first kappa shape index (κ1) is 15.0. The zero-order chi connectivity index (χ0) is 14.6. The van der Waals surface area contributed by atoms with Crippen LogP contribution in [0.2, 0.25) is 0 Å². The van der Waals surface area contributed by atoms with E-state index in [1.165, 1.54) is 19.3 Å². The highest BCUT2D eigenvalue weighted by molar-refractivity contribution is 5.40. The molecule has 2 unspecified atom stereocenters. The molecule has 0 aromatic heterocycles. The molecule has 0 spiro atoms. The van der Waals surface area contributed by atoms with E-state index in [1.54, 1.807) is 12.1 Å². The zero-order valence-electron chi connectivity index (χ0n) is 12.2. The van der Waals surface area contributed by atoms with Gasteiger partial charge in [0.05, 0.1) is 4.92 Å². The molecule has 0 heterocycles. The van der Waals surface area contributed by atoms with Crippen molar-refractivity contribution in [1.82, 2.24) is 0 Å². The van der Waals surface area contributed by atoms with E-state index in [1.807, 2.05) is 12.1 Å². The van der Waals surface area contributed by atoms with Gasteiger partial charge in [-0.3, -0.25) is 10.1 Å². The fourth-order valence-electron chi connectivity index (χ4n) is 3.59. The predicted molar refractivity (Wildman–Crippen MR) is 80.5 cm³/mol. The van der Waals surface area contributed by atoms with Crippen molar-refractivity contribution < 1.29 is 4.92 Å². The van der Waals surface area contributed by atoms with E-state index in [2.05, 4.69) is 6.92 Å². The second-order valence-electron chi connectivity index (χ2n) is 6.14. The molecule has 1 saturated carbocycles. The van der Waals surface area contributed by atoms with E-state index >= 15 is 0 Å². The van der Waals surface area contributed by atoms with Gasteiger partial charge in [0.2, 0.25) is 0 Å². The fourth-order valence-corrected chi connectivity index (χ4v) is 3.59. The third-order valence-electron chi connectivity index (χ3n) is 4.81. The van der Waals surface area contributed by atoms with Crippen molar-refractivity contribution in [3.05, 3.63) is 39.9 Å². The van der Waals surface area contributed by atoms with Gasteiger partial charge in [-0.2, -0.15) is 0 Å². The van der Waals surface area contributed by atoms with Gasteiger partial charge in [0.25, 0.3) is 5.69 Å². The Kier molecular flexibility index (Phi) is 4.76. The van der Waals surface area contributed by atoms with Crippen LogP contribution in [0, 0.1) is 21.4 Å². The molecule has 1 aliphatic rings. The Bertz CT molecular complexity index is 475. The lowest BCUT2D eigenvalue weighted by molar-refractivity contribution is -0.385. The second kappa shape index (κ2) is 6.35. The Hall–Kier alpha value is -1.42. The summed E-state index contributed by atoms with van der Waals surface area (Å²) in [5.74, 6) is 0.718. The maximum atomic E-state index is 11.2. The molecule has 20 heavy (non-hydrogen) atoms. The molecule has 1 aromatic carbocycles. The maximum Gasteiger partial charge on any atom is 0.272 e. The van der Waals surface area contributed by atoms with Gasteiger partial charge in [-0.05, 0) is 37.1 Å². The van der Waals surface area contributed by atoms with E-state index in [9.17, 15) is 10.1 Å². The molecule has 2 atom stereocenters. The number of nitro groups is 1. The van der Waals surface area contributed by atoms with Crippen molar-refractivity contribution in [2.75, 3.05) is 6.54 Å². The van der Waals surface area contributed by atoms with E-state index < -0.39 is 0 Å². The molecule has 1 fully saturated rings. The lowest BCUT2D eigenvalue weighted by Gasteiger charge is -2.40. The molecule has 0 bridgehead atoms. The van der Waals surface area contributed by atoms with Crippen LogP contribution < -0.4 is 5.73 Å². The minimum atomic E-state index is -0.278. The van der Waals surface area contributed by atoms with Gasteiger partial charge in [0.1, 0.15) is 0 Å². The summed E-state index contributed by atoms with van der Waals surface area (Å²) in [6.45, 7) is 2.85. The van der Waals surface area contributed by atoms with Crippen LogP contribution in [0.15, 0.2) is 24.3 Å². The van der Waals surface area contributed by atoms with Crippen molar-refractivity contribution in [3.8, 4) is 0 Å². The highest BCUT2D eigenvalue weighted by atomic mass is 16.6. The molecule has 0 aliphatic heterocycles. The molecule has 4 heteroatoms. The number of nitrogens with zero attached hydrogens (tertiary/aromatic N) is 1. The number of hydrogen-bond acceptors (Lipinski definition) is 3. The summed E-state index contributed by atoms with van der Waals surface area (Å²) in [5.41, 5.74) is 7.17. The first-order valence-electron chi connectivity index (χ1n) is 7.52. The van der Waals surface area contributed by atoms with E-state index in [-0.39, 0.29) is 16.0 Å². The highest BCUT2D eigenvalue weighted by Gasteiger charge is 2.36. The van der Waals surface area contributed by atoms with Gasteiger partial charge in [0, 0.05) is 11.6 Å². The summed E-state index contributed by atoms with van der Waals surface area (Å²) in [7, 11) is 0. The largest absolute Gasteiger partial charge is 0.330 e. The summed E-state index contributed by atoms with van der Waals surface area (Å²) in [5, 5.41) is 11.2. The Labute approximate surface area is 120 Å². The van der Waals surface area contributed by atoms with Crippen molar-refractivity contribution in [1.29, 1.82) is 0 Å². The molecule has 4 nitrogen and oxygen atoms in total. The summed E-state index contributed by atoms with van der Waals surface area (Å²) in [4.78, 5) is 10.9. The highest BCUT2D eigenvalue weighted by Crippen LogP contribution is 2.43. The van der Waals surface area contributed by atoms with Crippen molar-refractivity contribution in [2.45, 2.75) is 45.4 Å². The lowest BCUT2D eigenvalue weighted by atomic mass is 9.66. The van der Waals surface area contributed by atoms with Crippen LogP contribution in [0.5, 0.6) is 0 Å². The smallest absolute Gasteiger partial charge is 0.272 e. The molecule has 1 aliphatic carbocycles. The molecule has 0 saturated heterocycles. The first-order valence-corrected chi connectivity index (χ1v) is 7.52. The van der Waals surface area contributed by atoms with Crippen LogP contribution in [-0.4, -0.2) is 11.5 Å². The topological polar surface area (TPSA) is 69.2 Å². The van der Waals surface area contributed by atoms with E-state index in [0.29, 0.717) is 6.54 Å². The number of benzene rings is 1. The van der Waals surface area contributed by atoms with Gasteiger partial charge in [-0.15, -0.1) is 0 Å². The van der Waals surface area contributed by atoms with Crippen molar-refractivity contribution in [2.24, 2.45) is 17.1 Å². The third-order valence-corrected chi connectivity index (χ3v) is 4.81. The molecular formula is C16H24N2O2. The Morgan fingerprint density at radius 1 is 1.45 bits per heavy atom. The average Bonchev–Trinajstić information content (AvgIpc) is 2.47. The summed E-state index contributed by atoms with van der Waals surface area (Å²) < 4.78 is 0. The lowest BCUT2D eigenvalue weighted by Crippen LogP contribution is -2.37. The second-order valence-corrected chi connectivity index (χ2v) is 6.14. The van der Waals surface area contributed by atoms with Crippen LogP contribution in [0.4, 0.5) is 5.69 Å². The Balaban J connectivity index is 2.24. The van der Waals surface area contributed by atoms with Crippen LogP contribution in [-0.2, 0) is 6.42 Å². The normalized spacial score (nSPS) is 26.4. The molecule has 0 radical (unpaired) electrons. The quantitative estimate of drug-likeness (QED) is 0.658. The van der Waals surface area contributed by atoms with Gasteiger partial charge >= 0.3 is 0 Å². The van der Waals surface area contributed by atoms with E-state index in [0.717, 1.165) is 30.7 Å². The first-order chi connectivity index (χ1) is 9.60. The van der Waals surface area contributed by atoms with Crippen LogP contribution in [0.1, 0.15) is 44.6 Å². The zero-order valence-corrected chi connectivity index (χ0v) is 12.2. The van der Waals surface area contributed by atoms with Gasteiger partial charge < -0.3 is 5.73 Å². The van der Waals surface area contributed by atoms with Crippen LogP contribution >= 0.6 is 0 Å². The summed E-state index contributed by atoms with van der Waals surface area (Å²) in [6, 6.07) is 7.09. The molecule has 1 aromatic rings. The minimum Gasteiger partial charge on any atom is -0.330 e. The summed E-state index contributed by atoms with van der Waals surface area (Å²) in [6.07, 6.45) is 6.57. The van der Waals surface area contributed by atoms with Crippen molar-refractivity contribution >= 4 is 5.69 Å². The van der Waals surface area contributed by atoms with E-state index in [4.69, 9.17) is 5.73 Å². The molecule has 0 amide bonds. The fraction of sp³-hybridized carbons (Fsp3) is 0.625. The summed E-state index contributed by atoms with van der Waals surface area (Å²) >= 11 is 0. The Morgan fingerprint density at radius 3 is 2.85 bits per heavy atom. The minimum absolute atomic E-state index is 0.0467. The predicted octanol–water partition coefficient (Wildman–Crippen LogP) is 3.68. The van der Waals surface area contributed by atoms with Gasteiger partial charge in [-0.25, -0.2) is 0 Å². The maximum absolute atomic E-state index is 11.2. The number of nitrogens with two attached hydrogens (primary N) is 1. The van der Waals surface area contributed by atoms with Gasteiger partial charge in [0.15, 0.2) is 0 Å². The Morgan fingerprint density at radius 2 is 2.20 bits per heavy atom.